The van der Waals surface area contributed by atoms with Gasteiger partial charge in [0, 0.05) is 36.8 Å². The first-order chi connectivity index (χ1) is 14.5. The summed E-state index contributed by atoms with van der Waals surface area (Å²) in [6.07, 6.45) is 2.53. The van der Waals surface area contributed by atoms with Gasteiger partial charge in [-0.25, -0.2) is 0 Å². The predicted molar refractivity (Wildman–Crippen MR) is 119 cm³/mol. The van der Waals surface area contributed by atoms with Gasteiger partial charge in [-0.05, 0) is 49.9 Å². The number of aryl methyl sites for hydroxylation is 2. The monoisotopic (exact) mass is 409 g/mol. The molecule has 1 aliphatic rings. The van der Waals surface area contributed by atoms with Crippen LogP contribution in [-0.4, -0.2) is 43.0 Å². The van der Waals surface area contributed by atoms with Crippen LogP contribution in [0.1, 0.15) is 36.0 Å². The minimum absolute atomic E-state index is 0.0264. The first-order valence-corrected chi connectivity index (χ1v) is 10.5. The van der Waals surface area contributed by atoms with Gasteiger partial charge in [-0.3, -0.25) is 14.5 Å². The van der Waals surface area contributed by atoms with Gasteiger partial charge in [0.15, 0.2) is 0 Å². The molecule has 2 aromatic carbocycles. The van der Waals surface area contributed by atoms with Gasteiger partial charge in [0.1, 0.15) is 5.75 Å². The molecule has 1 fully saturated rings. The molecule has 0 radical (unpaired) electrons. The molecule has 1 saturated carbocycles. The topological polar surface area (TPSA) is 70.7 Å². The molecule has 0 unspecified atom stereocenters. The van der Waals surface area contributed by atoms with Crippen molar-refractivity contribution in [1.82, 2.24) is 10.2 Å². The van der Waals surface area contributed by atoms with Gasteiger partial charge in [-0.15, -0.1) is 0 Å². The molecule has 0 atom stereocenters. The van der Waals surface area contributed by atoms with Gasteiger partial charge in [0.05, 0.1) is 13.7 Å². The lowest BCUT2D eigenvalue weighted by Crippen LogP contribution is -2.37. The Bertz CT molecular complexity index is 893. The molecule has 2 aromatic rings. The number of nitrogens with zero attached hydrogens (tertiary/aromatic N) is 1. The summed E-state index contributed by atoms with van der Waals surface area (Å²) in [7, 11) is 1.62. The molecular weight excluding hydrogens is 378 g/mol. The maximum Gasteiger partial charge on any atom is 0.238 e. The SMILES string of the molecule is COc1ccccc1CNC(=O)CCN(CC(=O)Nc1cc(C)ccc1C)C1CC1. The molecule has 0 bridgehead atoms. The Labute approximate surface area is 178 Å². The van der Waals surface area contributed by atoms with Crippen molar-refractivity contribution < 1.29 is 14.3 Å². The second-order valence-corrected chi connectivity index (χ2v) is 7.91. The molecule has 1 aliphatic carbocycles. The zero-order valence-corrected chi connectivity index (χ0v) is 18.0. The zero-order valence-electron chi connectivity index (χ0n) is 18.0. The highest BCUT2D eigenvalue weighted by atomic mass is 16.5. The fraction of sp³-hybridized carbons (Fsp3) is 0.417. The summed E-state index contributed by atoms with van der Waals surface area (Å²) < 4.78 is 5.32. The summed E-state index contributed by atoms with van der Waals surface area (Å²) in [6.45, 7) is 5.30. The Kier molecular flexibility index (Phi) is 7.46. The number of nitrogens with one attached hydrogen (secondary N) is 2. The Morgan fingerprint density at radius 3 is 2.60 bits per heavy atom. The average Bonchev–Trinajstić information content (AvgIpc) is 3.57. The molecule has 30 heavy (non-hydrogen) atoms. The van der Waals surface area contributed by atoms with Crippen LogP contribution in [0.15, 0.2) is 42.5 Å². The normalized spacial score (nSPS) is 13.2. The molecule has 0 heterocycles. The lowest BCUT2D eigenvalue weighted by Gasteiger charge is -2.21. The summed E-state index contributed by atoms with van der Waals surface area (Å²) in [5.41, 5.74) is 3.95. The van der Waals surface area contributed by atoms with E-state index in [1.54, 1.807) is 7.11 Å². The zero-order chi connectivity index (χ0) is 21.5. The summed E-state index contributed by atoms with van der Waals surface area (Å²) >= 11 is 0. The molecule has 6 nitrogen and oxygen atoms in total. The van der Waals surface area contributed by atoms with E-state index in [0.717, 1.165) is 41.0 Å². The molecule has 2 N–H and O–H groups in total. The Morgan fingerprint density at radius 1 is 1.10 bits per heavy atom. The molecule has 0 aliphatic heterocycles. The van der Waals surface area contributed by atoms with Crippen LogP contribution in [0.2, 0.25) is 0 Å². The van der Waals surface area contributed by atoms with E-state index in [2.05, 4.69) is 15.5 Å². The second kappa shape index (κ2) is 10.3. The van der Waals surface area contributed by atoms with E-state index in [9.17, 15) is 9.59 Å². The third-order valence-electron chi connectivity index (χ3n) is 5.37. The fourth-order valence-electron chi connectivity index (χ4n) is 3.45. The Hall–Kier alpha value is -2.86. The van der Waals surface area contributed by atoms with Crippen molar-refractivity contribution in [2.45, 2.75) is 45.7 Å². The van der Waals surface area contributed by atoms with Gasteiger partial charge in [-0.1, -0.05) is 30.3 Å². The van der Waals surface area contributed by atoms with E-state index in [1.165, 1.54) is 0 Å². The Morgan fingerprint density at radius 2 is 1.87 bits per heavy atom. The number of ether oxygens (including phenoxy) is 1. The summed E-state index contributed by atoms with van der Waals surface area (Å²) in [4.78, 5) is 27.0. The van der Waals surface area contributed by atoms with E-state index in [0.29, 0.717) is 32.1 Å². The molecule has 0 saturated heterocycles. The van der Waals surface area contributed by atoms with Crippen molar-refractivity contribution in [1.29, 1.82) is 0 Å². The van der Waals surface area contributed by atoms with Crippen LogP contribution >= 0.6 is 0 Å². The maximum atomic E-state index is 12.6. The van der Waals surface area contributed by atoms with Crippen molar-refractivity contribution in [2.24, 2.45) is 0 Å². The Balaban J connectivity index is 1.48. The quantitative estimate of drug-likeness (QED) is 0.631. The standard InChI is InChI=1S/C24H31N3O3/c1-17-8-9-18(2)21(14-17)26-24(29)16-27(20-10-11-20)13-12-23(28)25-15-19-6-4-5-7-22(19)30-3/h4-9,14,20H,10-13,15-16H2,1-3H3,(H,25,28)(H,26,29). The number of para-hydroxylation sites is 1. The van der Waals surface area contributed by atoms with E-state index >= 15 is 0 Å². The third-order valence-corrected chi connectivity index (χ3v) is 5.37. The van der Waals surface area contributed by atoms with Gasteiger partial charge in [0.2, 0.25) is 11.8 Å². The van der Waals surface area contributed by atoms with Gasteiger partial charge >= 0.3 is 0 Å². The minimum Gasteiger partial charge on any atom is -0.496 e. The van der Waals surface area contributed by atoms with E-state index in [-0.39, 0.29) is 11.8 Å². The predicted octanol–water partition coefficient (Wildman–Crippen LogP) is 3.42. The largest absolute Gasteiger partial charge is 0.496 e. The van der Waals surface area contributed by atoms with Gasteiger partial charge < -0.3 is 15.4 Å². The lowest BCUT2D eigenvalue weighted by molar-refractivity contribution is -0.122. The van der Waals surface area contributed by atoms with Crippen LogP contribution in [-0.2, 0) is 16.1 Å². The molecule has 2 amide bonds. The maximum absolute atomic E-state index is 12.6. The number of carbonyl (C=O) groups excluding carboxylic acids is 2. The third kappa shape index (κ3) is 6.32. The smallest absolute Gasteiger partial charge is 0.238 e. The molecule has 160 valence electrons. The second-order valence-electron chi connectivity index (χ2n) is 7.91. The van der Waals surface area contributed by atoms with Crippen molar-refractivity contribution in [3.8, 4) is 5.75 Å². The van der Waals surface area contributed by atoms with Gasteiger partial charge in [0.25, 0.3) is 0 Å². The number of hydrogen-bond acceptors (Lipinski definition) is 4. The molecular formula is C24H31N3O3. The van der Waals surface area contributed by atoms with Crippen LogP contribution in [0.3, 0.4) is 0 Å². The summed E-state index contributed by atoms with van der Waals surface area (Å²) in [6, 6.07) is 14.1. The highest BCUT2D eigenvalue weighted by Gasteiger charge is 2.30. The van der Waals surface area contributed by atoms with Gasteiger partial charge in [-0.2, -0.15) is 0 Å². The van der Waals surface area contributed by atoms with E-state index in [4.69, 9.17) is 4.74 Å². The van der Waals surface area contributed by atoms with Crippen LogP contribution < -0.4 is 15.4 Å². The first-order valence-electron chi connectivity index (χ1n) is 10.5. The fourth-order valence-corrected chi connectivity index (χ4v) is 3.45. The van der Waals surface area contributed by atoms with Crippen LogP contribution in [0.4, 0.5) is 5.69 Å². The summed E-state index contributed by atoms with van der Waals surface area (Å²) in [5.74, 6) is 0.701. The molecule has 6 heteroatoms. The molecule has 0 spiro atoms. The summed E-state index contributed by atoms with van der Waals surface area (Å²) in [5, 5.41) is 5.97. The number of amides is 2. The van der Waals surface area contributed by atoms with Crippen molar-refractivity contribution >= 4 is 17.5 Å². The van der Waals surface area contributed by atoms with Crippen LogP contribution in [0.5, 0.6) is 5.75 Å². The van der Waals surface area contributed by atoms with Crippen LogP contribution in [0.25, 0.3) is 0 Å². The number of anilines is 1. The number of methoxy groups -OCH3 is 1. The molecule has 3 rings (SSSR count). The van der Waals surface area contributed by atoms with E-state index < -0.39 is 0 Å². The molecule has 0 aromatic heterocycles. The van der Waals surface area contributed by atoms with Crippen molar-refractivity contribution in [3.63, 3.8) is 0 Å². The number of hydrogen-bond donors (Lipinski definition) is 2. The number of benzene rings is 2. The lowest BCUT2D eigenvalue weighted by atomic mass is 10.1. The highest BCUT2D eigenvalue weighted by Crippen LogP contribution is 2.27. The average molecular weight is 410 g/mol. The number of carbonyl (C=O) groups is 2. The highest BCUT2D eigenvalue weighted by molar-refractivity contribution is 5.93. The minimum atomic E-state index is -0.0370. The first kappa shape index (κ1) is 21.8. The van der Waals surface area contributed by atoms with Crippen molar-refractivity contribution in [3.05, 3.63) is 59.2 Å². The van der Waals surface area contributed by atoms with Crippen LogP contribution in [0, 0.1) is 13.8 Å². The van der Waals surface area contributed by atoms with Crippen molar-refractivity contribution in [2.75, 3.05) is 25.5 Å². The number of rotatable bonds is 10. The van der Waals surface area contributed by atoms with E-state index in [1.807, 2.05) is 56.3 Å².